The lowest BCUT2D eigenvalue weighted by Crippen LogP contribution is -2.39. The highest BCUT2D eigenvalue weighted by molar-refractivity contribution is 9.10. The van der Waals surface area contributed by atoms with Gasteiger partial charge >= 0.3 is 0 Å². The number of carbonyl (C=O) groups excluding carboxylic acids is 1. The van der Waals surface area contributed by atoms with Crippen LogP contribution in [0, 0.1) is 0 Å². The molecule has 2 N–H and O–H groups in total. The molecule has 0 aliphatic carbocycles. The second kappa shape index (κ2) is 11.5. The summed E-state index contributed by atoms with van der Waals surface area (Å²) in [5.41, 5.74) is 2.96. The van der Waals surface area contributed by atoms with E-state index >= 15 is 0 Å². The van der Waals surface area contributed by atoms with E-state index < -0.39 is 22.5 Å². The molecule has 0 bridgehead atoms. The minimum absolute atomic E-state index is 0.0403. The number of phenolic OH excluding ortho intramolecular Hbond substituents is 1. The molecule has 34 heavy (non-hydrogen) atoms. The molecule has 12 heteroatoms. The first-order valence-corrected chi connectivity index (χ1v) is 12.9. The van der Waals surface area contributed by atoms with E-state index in [0.29, 0.717) is 20.6 Å². The van der Waals surface area contributed by atoms with Crippen LogP contribution in [0.3, 0.4) is 0 Å². The van der Waals surface area contributed by atoms with Crippen molar-refractivity contribution >= 4 is 72.9 Å². The summed E-state index contributed by atoms with van der Waals surface area (Å²) >= 11 is 21.6. The van der Waals surface area contributed by atoms with Gasteiger partial charge in [-0.1, -0.05) is 56.8 Å². The fraction of sp³-hybridized carbons (Fsp3) is 0.0909. The summed E-state index contributed by atoms with van der Waals surface area (Å²) in [5, 5.41) is 14.6. The van der Waals surface area contributed by atoms with Gasteiger partial charge in [-0.05, 0) is 54.6 Å². The Hall–Kier alpha value is -2.14. The van der Waals surface area contributed by atoms with Crippen LogP contribution in [0.5, 0.6) is 5.75 Å². The van der Waals surface area contributed by atoms with Crippen molar-refractivity contribution in [2.75, 3.05) is 6.54 Å². The van der Waals surface area contributed by atoms with Crippen molar-refractivity contribution in [1.29, 1.82) is 0 Å². The van der Waals surface area contributed by atoms with E-state index in [-0.39, 0.29) is 27.2 Å². The molecule has 0 aromatic heterocycles. The van der Waals surface area contributed by atoms with Crippen LogP contribution in [0.25, 0.3) is 0 Å². The normalized spacial score (nSPS) is 11.8. The Morgan fingerprint density at radius 1 is 1.06 bits per heavy atom. The van der Waals surface area contributed by atoms with Gasteiger partial charge in [0, 0.05) is 37.2 Å². The van der Waals surface area contributed by atoms with Crippen LogP contribution in [0.2, 0.25) is 15.1 Å². The summed E-state index contributed by atoms with van der Waals surface area (Å²) in [6, 6.07) is 15.0. The Labute approximate surface area is 220 Å². The molecule has 0 aliphatic rings. The molecular weight excluding hydrogens is 589 g/mol. The lowest BCUT2D eigenvalue weighted by molar-refractivity contribution is -0.121. The van der Waals surface area contributed by atoms with Gasteiger partial charge < -0.3 is 5.11 Å². The van der Waals surface area contributed by atoms with Crippen molar-refractivity contribution in [1.82, 2.24) is 9.73 Å². The molecule has 3 aromatic carbocycles. The number of nitrogens with zero attached hydrogens (tertiary/aromatic N) is 2. The third-order valence-electron chi connectivity index (χ3n) is 4.55. The second-order valence-corrected chi connectivity index (χ2v) is 11.0. The van der Waals surface area contributed by atoms with Gasteiger partial charge in [0.1, 0.15) is 5.75 Å². The van der Waals surface area contributed by atoms with E-state index in [9.17, 15) is 18.3 Å². The summed E-state index contributed by atoms with van der Waals surface area (Å²) in [7, 11) is -4.14. The summed E-state index contributed by atoms with van der Waals surface area (Å²) < 4.78 is 28.3. The highest BCUT2D eigenvalue weighted by Crippen LogP contribution is 2.28. The average molecular weight is 606 g/mol. The smallest absolute Gasteiger partial charge is 0.255 e. The van der Waals surface area contributed by atoms with E-state index in [2.05, 4.69) is 26.5 Å². The van der Waals surface area contributed by atoms with E-state index in [0.717, 1.165) is 4.31 Å². The van der Waals surface area contributed by atoms with Crippen molar-refractivity contribution in [3.63, 3.8) is 0 Å². The van der Waals surface area contributed by atoms with Gasteiger partial charge in [0.25, 0.3) is 5.91 Å². The quantitative estimate of drug-likeness (QED) is 0.263. The van der Waals surface area contributed by atoms with Crippen molar-refractivity contribution in [3.8, 4) is 5.75 Å². The zero-order valence-electron chi connectivity index (χ0n) is 17.3. The fourth-order valence-corrected chi connectivity index (χ4v) is 5.23. The predicted molar refractivity (Wildman–Crippen MR) is 137 cm³/mol. The van der Waals surface area contributed by atoms with E-state index in [1.807, 2.05) is 0 Å². The number of phenols is 1. The molecule has 0 saturated heterocycles. The average Bonchev–Trinajstić information content (AvgIpc) is 2.78. The molecular formula is C22H17BrCl3N3O4S. The Morgan fingerprint density at radius 3 is 2.35 bits per heavy atom. The highest BCUT2D eigenvalue weighted by atomic mass is 79.9. The Bertz CT molecular complexity index is 1320. The monoisotopic (exact) mass is 603 g/mol. The standard InChI is InChI=1S/C22H17BrCl3N3O4S/c23-15-4-9-21(30)14(10-15)11-27-28-22(31)13-29(12-18-19(25)2-1-3-20(18)26)34(32,33)17-7-5-16(24)6-8-17/h1-11,30H,12-13H2,(H,28,31)/b27-11-. The number of benzene rings is 3. The van der Waals surface area contributed by atoms with Crippen molar-refractivity contribution in [2.24, 2.45) is 5.10 Å². The van der Waals surface area contributed by atoms with Gasteiger partial charge in [-0.25, -0.2) is 13.8 Å². The molecule has 178 valence electrons. The number of rotatable bonds is 8. The maximum Gasteiger partial charge on any atom is 0.255 e. The largest absolute Gasteiger partial charge is 0.507 e. The van der Waals surface area contributed by atoms with Crippen LogP contribution in [0.1, 0.15) is 11.1 Å². The Kier molecular flexibility index (Phi) is 8.97. The van der Waals surface area contributed by atoms with Gasteiger partial charge in [0.2, 0.25) is 10.0 Å². The third-order valence-corrected chi connectivity index (χ3v) is 7.81. The lowest BCUT2D eigenvalue weighted by atomic mass is 10.2. The van der Waals surface area contributed by atoms with Gasteiger partial charge in [0.05, 0.1) is 17.7 Å². The van der Waals surface area contributed by atoms with Gasteiger partial charge in [-0.15, -0.1) is 0 Å². The molecule has 0 unspecified atom stereocenters. The van der Waals surface area contributed by atoms with E-state index in [4.69, 9.17) is 34.8 Å². The van der Waals surface area contributed by atoms with Crippen molar-refractivity contribution in [2.45, 2.75) is 11.4 Å². The number of halogens is 4. The maximum atomic E-state index is 13.3. The SMILES string of the molecule is O=C(CN(Cc1c(Cl)cccc1Cl)S(=O)(=O)c1ccc(Cl)cc1)N/N=C\c1cc(Br)ccc1O. The Balaban J connectivity index is 1.86. The number of nitrogens with one attached hydrogen (secondary N) is 1. The number of carbonyl (C=O) groups is 1. The number of sulfonamides is 1. The van der Waals surface area contributed by atoms with Crippen LogP contribution in [-0.2, 0) is 21.4 Å². The first kappa shape index (κ1) is 26.5. The summed E-state index contributed by atoms with van der Waals surface area (Å²) in [4.78, 5) is 12.5. The van der Waals surface area contributed by atoms with E-state index in [1.165, 1.54) is 36.5 Å². The minimum atomic E-state index is -4.14. The molecule has 0 saturated carbocycles. The van der Waals surface area contributed by atoms with Crippen molar-refractivity contribution in [3.05, 3.63) is 91.3 Å². The summed E-state index contributed by atoms with van der Waals surface area (Å²) in [6.07, 6.45) is 1.24. The molecule has 0 spiro atoms. The van der Waals surface area contributed by atoms with Gasteiger partial charge in [0.15, 0.2) is 0 Å². The number of hydrogen-bond acceptors (Lipinski definition) is 5. The zero-order chi connectivity index (χ0) is 24.9. The van der Waals surface area contributed by atoms with Crippen LogP contribution in [0.15, 0.2) is 75.1 Å². The first-order chi connectivity index (χ1) is 16.1. The fourth-order valence-electron chi connectivity index (χ4n) is 2.84. The molecule has 7 nitrogen and oxygen atoms in total. The summed E-state index contributed by atoms with van der Waals surface area (Å²) in [5.74, 6) is -0.757. The van der Waals surface area contributed by atoms with Gasteiger partial charge in [-0.3, -0.25) is 4.79 Å². The maximum absolute atomic E-state index is 13.3. The molecule has 3 aromatic rings. The molecule has 0 aliphatic heterocycles. The Morgan fingerprint density at radius 2 is 1.71 bits per heavy atom. The van der Waals surface area contributed by atoms with Crippen LogP contribution in [0.4, 0.5) is 0 Å². The minimum Gasteiger partial charge on any atom is -0.507 e. The summed E-state index contributed by atoms with van der Waals surface area (Å²) in [6.45, 7) is -0.832. The lowest BCUT2D eigenvalue weighted by Gasteiger charge is -2.22. The van der Waals surface area contributed by atoms with Crippen LogP contribution >= 0.6 is 50.7 Å². The molecule has 3 rings (SSSR count). The molecule has 0 fully saturated rings. The molecule has 0 heterocycles. The van der Waals surface area contributed by atoms with Gasteiger partial charge in [-0.2, -0.15) is 9.41 Å². The molecule has 0 radical (unpaired) electrons. The highest BCUT2D eigenvalue weighted by Gasteiger charge is 2.28. The first-order valence-electron chi connectivity index (χ1n) is 9.57. The van der Waals surface area contributed by atoms with Crippen LogP contribution in [-0.4, -0.2) is 36.5 Å². The van der Waals surface area contributed by atoms with E-state index in [1.54, 1.807) is 30.3 Å². The van der Waals surface area contributed by atoms with Crippen LogP contribution < -0.4 is 5.43 Å². The molecule has 1 amide bonds. The van der Waals surface area contributed by atoms with Crippen molar-refractivity contribution < 1.29 is 18.3 Å². The third kappa shape index (κ3) is 6.71. The second-order valence-electron chi connectivity index (χ2n) is 6.92. The number of hydrazone groups is 1. The number of hydrogen-bond donors (Lipinski definition) is 2. The topological polar surface area (TPSA) is 99.1 Å². The number of amides is 1. The molecule has 0 atom stereocenters. The predicted octanol–water partition coefficient (Wildman–Crippen LogP) is 5.46. The zero-order valence-corrected chi connectivity index (χ0v) is 21.9. The number of aromatic hydroxyl groups is 1.